The molecular formula is C4H4FeO8Zn. The average Bonchev–Trinajstić information content (AvgIpc) is 1.88. The fourth-order valence-corrected chi connectivity index (χ4v) is 0. The van der Waals surface area contributed by atoms with Gasteiger partial charge in [0, 0.05) is 36.5 Å². The average molecular weight is 301 g/mol. The van der Waals surface area contributed by atoms with Gasteiger partial charge in [-0.25, -0.2) is 19.2 Å². The zero-order valence-corrected chi connectivity index (χ0v) is 10.6. The van der Waals surface area contributed by atoms with Crippen LogP contribution in [0.1, 0.15) is 0 Å². The third-order valence-corrected chi connectivity index (χ3v) is 0.366. The van der Waals surface area contributed by atoms with E-state index >= 15 is 0 Å². The van der Waals surface area contributed by atoms with E-state index in [0.717, 1.165) is 0 Å². The van der Waals surface area contributed by atoms with Gasteiger partial charge < -0.3 is 20.4 Å². The maximum absolute atomic E-state index is 9.10. The normalized spacial score (nSPS) is 6.29. The molecule has 0 aliphatic carbocycles. The quantitative estimate of drug-likeness (QED) is 0.306. The number of hydrogen-bond acceptors (Lipinski definition) is 4. The minimum absolute atomic E-state index is 0. The van der Waals surface area contributed by atoms with Crippen LogP contribution >= 0.6 is 0 Å². The van der Waals surface area contributed by atoms with E-state index < -0.39 is 23.9 Å². The molecule has 14 heavy (non-hydrogen) atoms. The predicted molar refractivity (Wildman–Crippen MR) is 30.5 cm³/mol. The summed E-state index contributed by atoms with van der Waals surface area (Å²) in [5.74, 6) is -7.30. The van der Waals surface area contributed by atoms with Gasteiger partial charge in [0.1, 0.15) is 0 Å². The van der Waals surface area contributed by atoms with Crippen molar-refractivity contribution in [1.82, 2.24) is 0 Å². The third kappa shape index (κ3) is 22.5. The number of carbonyl (C=O) groups is 4. The fraction of sp³-hybridized carbons (Fsp3) is 0. The molecule has 10 heteroatoms. The monoisotopic (exact) mass is 300 g/mol. The number of hydrogen-bond donors (Lipinski definition) is 4. The van der Waals surface area contributed by atoms with Crippen LogP contribution in [0.5, 0.6) is 0 Å². The second-order valence-electron chi connectivity index (χ2n) is 1.22. The minimum Gasteiger partial charge on any atom is -0.473 e. The smallest absolute Gasteiger partial charge is 0.414 e. The Kier molecular flexibility index (Phi) is 19.9. The van der Waals surface area contributed by atoms with Crippen LogP contribution in [-0.2, 0) is 55.7 Å². The molecule has 0 radical (unpaired) electrons. The molecule has 0 fully saturated rings. The van der Waals surface area contributed by atoms with Crippen LogP contribution in [0.25, 0.3) is 0 Å². The maximum Gasteiger partial charge on any atom is 0.414 e. The second kappa shape index (κ2) is 12.0. The van der Waals surface area contributed by atoms with Gasteiger partial charge in [-0.2, -0.15) is 0 Å². The molecule has 0 aliphatic rings. The Morgan fingerprint density at radius 1 is 0.571 bits per heavy atom. The van der Waals surface area contributed by atoms with Gasteiger partial charge in [0.25, 0.3) is 0 Å². The van der Waals surface area contributed by atoms with Crippen LogP contribution < -0.4 is 0 Å². The molecule has 0 atom stereocenters. The van der Waals surface area contributed by atoms with Crippen LogP contribution in [-0.4, -0.2) is 44.3 Å². The molecule has 0 aromatic heterocycles. The summed E-state index contributed by atoms with van der Waals surface area (Å²) in [5.41, 5.74) is 0. The summed E-state index contributed by atoms with van der Waals surface area (Å²) in [5, 5.41) is 29.6. The van der Waals surface area contributed by atoms with Crippen molar-refractivity contribution in [2.75, 3.05) is 0 Å². The number of carboxylic acid groups (broad SMARTS) is 4. The third-order valence-electron chi connectivity index (χ3n) is 0.366. The molecule has 78 valence electrons. The SMILES string of the molecule is O=C(O)C(=O)O.O=C(O)C(=O)O.[Fe].[Zn]. The molecule has 0 amide bonds. The molecule has 0 heterocycles. The zero-order valence-electron chi connectivity index (χ0n) is 6.48. The summed E-state index contributed by atoms with van der Waals surface area (Å²) in [6.45, 7) is 0. The van der Waals surface area contributed by atoms with E-state index in [-0.39, 0.29) is 36.5 Å². The maximum atomic E-state index is 9.10. The van der Waals surface area contributed by atoms with Gasteiger partial charge in [-0.15, -0.1) is 0 Å². The Bertz CT molecular complexity index is 177. The second-order valence-corrected chi connectivity index (χ2v) is 1.22. The zero-order chi connectivity index (χ0) is 10.3. The van der Waals surface area contributed by atoms with E-state index in [0.29, 0.717) is 0 Å². The summed E-state index contributed by atoms with van der Waals surface area (Å²) >= 11 is 0. The van der Waals surface area contributed by atoms with Crippen molar-refractivity contribution in [3.8, 4) is 0 Å². The standard InChI is InChI=1S/2C2H2O4.Fe.Zn/c2*3-1(4)2(5)6;;/h2*(H,3,4)(H,5,6);;. The Labute approximate surface area is 100 Å². The fourth-order valence-electron chi connectivity index (χ4n) is 0. The molecule has 0 saturated heterocycles. The molecule has 0 aromatic rings. The Balaban J connectivity index is -0.0000000625. The number of carboxylic acids is 4. The summed E-state index contributed by atoms with van der Waals surface area (Å²) in [6.07, 6.45) is 0. The molecule has 8 nitrogen and oxygen atoms in total. The first-order valence-electron chi connectivity index (χ1n) is 2.21. The van der Waals surface area contributed by atoms with Crippen molar-refractivity contribution in [2.24, 2.45) is 0 Å². The minimum atomic E-state index is -1.82. The van der Waals surface area contributed by atoms with Gasteiger partial charge in [-0.1, -0.05) is 0 Å². The van der Waals surface area contributed by atoms with E-state index in [1.807, 2.05) is 0 Å². The molecule has 0 spiro atoms. The summed E-state index contributed by atoms with van der Waals surface area (Å²) in [4.78, 5) is 36.4. The van der Waals surface area contributed by atoms with Crippen molar-refractivity contribution in [3.05, 3.63) is 0 Å². The molecular weight excluding hydrogens is 297 g/mol. The van der Waals surface area contributed by atoms with Crippen molar-refractivity contribution in [2.45, 2.75) is 0 Å². The molecule has 0 aromatic carbocycles. The van der Waals surface area contributed by atoms with Crippen LogP contribution in [0.4, 0.5) is 0 Å². The molecule has 4 N–H and O–H groups in total. The van der Waals surface area contributed by atoms with Crippen molar-refractivity contribution < 1.29 is 76.2 Å². The molecule has 0 saturated carbocycles. The topological polar surface area (TPSA) is 149 Å². The molecule has 0 rings (SSSR count). The van der Waals surface area contributed by atoms with E-state index in [2.05, 4.69) is 0 Å². The summed E-state index contributed by atoms with van der Waals surface area (Å²) < 4.78 is 0. The van der Waals surface area contributed by atoms with E-state index in [1.165, 1.54) is 0 Å². The van der Waals surface area contributed by atoms with Gasteiger partial charge in [0.05, 0.1) is 0 Å². The summed E-state index contributed by atoms with van der Waals surface area (Å²) in [6, 6.07) is 0. The van der Waals surface area contributed by atoms with Crippen molar-refractivity contribution >= 4 is 23.9 Å². The Morgan fingerprint density at radius 2 is 0.643 bits per heavy atom. The van der Waals surface area contributed by atoms with Crippen molar-refractivity contribution in [1.29, 1.82) is 0 Å². The van der Waals surface area contributed by atoms with Gasteiger partial charge in [-0.3, -0.25) is 0 Å². The van der Waals surface area contributed by atoms with E-state index in [4.69, 9.17) is 39.6 Å². The van der Waals surface area contributed by atoms with Gasteiger partial charge in [-0.05, 0) is 0 Å². The molecule has 0 bridgehead atoms. The number of rotatable bonds is 0. The molecule has 0 aliphatic heterocycles. The van der Waals surface area contributed by atoms with Crippen molar-refractivity contribution in [3.63, 3.8) is 0 Å². The van der Waals surface area contributed by atoms with E-state index in [9.17, 15) is 0 Å². The van der Waals surface area contributed by atoms with Gasteiger partial charge in [0.15, 0.2) is 0 Å². The van der Waals surface area contributed by atoms with Crippen LogP contribution in [0.15, 0.2) is 0 Å². The Hall–Kier alpha value is -0.977. The van der Waals surface area contributed by atoms with E-state index in [1.54, 1.807) is 0 Å². The summed E-state index contributed by atoms with van der Waals surface area (Å²) in [7, 11) is 0. The first-order chi connectivity index (χ1) is 5.29. The Morgan fingerprint density at radius 3 is 0.643 bits per heavy atom. The first-order valence-corrected chi connectivity index (χ1v) is 2.21. The number of aliphatic carboxylic acids is 4. The van der Waals surface area contributed by atoms with Gasteiger partial charge >= 0.3 is 23.9 Å². The first kappa shape index (κ1) is 23.1. The molecule has 0 unspecified atom stereocenters. The largest absolute Gasteiger partial charge is 0.473 e. The van der Waals surface area contributed by atoms with Crippen LogP contribution in [0.3, 0.4) is 0 Å². The predicted octanol–water partition coefficient (Wildman–Crippen LogP) is -1.69. The van der Waals surface area contributed by atoms with Crippen LogP contribution in [0.2, 0.25) is 0 Å². The van der Waals surface area contributed by atoms with Crippen LogP contribution in [0, 0.1) is 0 Å². The van der Waals surface area contributed by atoms with Gasteiger partial charge in [0.2, 0.25) is 0 Å².